The molecule has 0 radical (unpaired) electrons. The van der Waals surface area contributed by atoms with Gasteiger partial charge in [0, 0.05) is 38.4 Å². The Kier molecular flexibility index (Phi) is 5.04. The number of piperazine rings is 1. The summed E-state index contributed by atoms with van der Waals surface area (Å²) in [5, 5.41) is 14.0. The minimum atomic E-state index is -0.426. The molecule has 1 aliphatic rings. The second-order valence-electron chi connectivity index (χ2n) is 4.75. The van der Waals surface area contributed by atoms with Gasteiger partial charge in [-0.15, -0.1) is 0 Å². The largest absolute Gasteiger partial charge is 0.347 e. The molecule has 2 heterocycles. The summed E-state index contributed by atoms with van der Waals surface area (Å²) in [6.45, 7) is 5.25. The summed E-state index contributed by atoms with van der Waals surface area (Å²) in [4.78, 5) is 30.2. The number of anilines is 1. The van der Waals surface area contributed by atoms with Crippen molar-refractivity contribution in [1.29, 1.82) is 0 Å². The van der Waals surface area contributed by atoms with Crippen LogP contribution in [0.15, 0.2) is 18.3 Å². The molecule has 8 heteroatoms. The molecule has 0 spiro atoms. The minimum absolute atomic E-state index is 0.00456. The van der Waals surface area contributed by atoms with E-state index in [4.69, 9.17) is 0 Å². The number of nitrogens with one attached hydrogen (secondary N) is 1. The van der Waals surface area contributed by atoms with Crippen molar-refractivity contribution in [3.05, 3.63) is 28.4 Å². The van der Waals surface area contributed by atoms with Crippen molar-refractivity contribution in [3.8, 4) is 0 Å². The number of nitrogens with zero attached hydrogens (tertiary/aromatic N) is 4. The van der Waals surface area contributed by atoms with Crippen LogP contribution in [-0.4, -0.2) is 60.0 Å². The number of carbonyl (C=O) groups excluding carboxylic acids is 1. The zero-order chi connectivity index (χ0) is 15.2. The van der Waals surface area contributed by atoms with Gasteiger partial charge < -0.3 is 15.1 Å². The van der Waals surface area contributed by atoms with E-state index in [1.54, 1.807) is 17.2 Å². The average Bonchev–Trinajstić information content (AvgIpc) is 2.52. The van der Waals surface area contributed by atoms with Crippen molar-refractivity contribution in [2.24, 2.45) is 0 Å². The van der Waals surface area contributed by atoms with Crippen LogP contribution < -0.4 is 10.2 Å². The predicted octanol–water partition coefficient (Wildman–Crippen LogP) is 0.248. The zero-order valence-electron chi connectivity index (χ0n) is 12.0. The Morgan fingerprint density at radius 3 is 2.76 bits per heavy atom. The maximum atomic E-state index is 11.9. The second-order valence-corrected chi connectivity index (χ2v) is 4.75. The summed E-state index contributed by atoms with van der Waals surface area (Å²) in [7, 11) is 0. The number of carbonyl (C=O) groups is 1. The van der Waals surface area contributed by atoms with E-state index in [2.05, 4.69) is 10.3 Å². The fourth-order valence-corrected chi connectivity index (χ4v) is 2.29. The van der Waals surface area contributed by atoms with Gasteiger partial charge in [-0.1, -0.05) is 6.92 Å². The standard InChI is InChI=1S/C13H19N5O3/c1-2-14-10-12(19)16-6-8-17(9-7-16)13-11(18(20)21)4-3-5-15-13/h3-5,14H,2,6-10H2,1H3. The molecule has 0 unspecified atom stereocenters. The minimum Gasteiger partial charge on any atom is -0.347 e. The molecule has 0 aromatic carbocycles. The van der Waals surface area contributed by atoms with Crippen molar-refractivity contribution >= 4 is 17.4 Å². The Morgan fingerprint density at radius 2 is 2.14 bits per heavy atom. The molecule has 1 aromatic heterocycles. The summed E-state index contributed by atoms with van der Waals surface area (Å²) in [6, 6.07) is 3.00. The van der Waals surface area contributed by atoms with Crippen LogP contribution in [0, 0.1) is 10.1 Å². The van der Waals surface area contributed by atoms with Gasteiger partial charge in [-0.3, -0.25) is 14.9 Å². The fourth-order valence-electron chi connectivity index (χ4n) is 2.29. The summed E-state index contributed by atoms with van der Waals surface area (Å²) in [6.07, 6.45) is 1.55. The Bertz CT molecular complexity index is 514. The number of pyridine rings is 1. The van der Waals surface area contributed by atoms with Crippen LogP contribution in [0.25, 0.3) is 0 Å². The molecular formula is C13H19N5O3. The van der Waals surface area contributed by atoms with E-state index in [1.165, 1.54) is 6.07 Å². The van der Waals surface area contributed by atoms with Gasteiger partial charge in [-0.2, -0.15) is 0 Å². The summed E-state index contributed by atoms with van der Waals surface area (Å²) in [5.74, 6) is 0.438. The molecule has 1 saturated heterocycles. The van der Waals surface area contributed by atoms with E-state index in [0.717, 1.165) is 6.54 Å². The number of hydrogen-bond donors (Lipinski definition) is 1. The lowest BCUT2D eigenvalue weighted by atomic mass is 10.2. The van der Waals surface area contributed by atoms with Crippen molar-refractivity contribution in [3.63, 3.8) is 0 Å². The molecule has 1 N–H and O–H groups in total. The first-order valence-electron chi connectivity index (χ1n) is 6.96. The van der Waals surface area contributed by atoms with Gasteiger partial charge in [0.05, 0.1) is 11.5 Å². The van der Waals surface area contributed by atoms with E-state index in [0.29, 0.717) is 38.5 Å². The predicted molar refractivity (Wildman–Crippen MR) is 78.2 cm³/mol. The highest BCUT2D eigenvalue weighted by molar-refractivity contribution is 5.78. The fraction of sp³-hybridized carbons (Fsp3) is 0.538. The van der Waals surface area contributed by atoms with Crippen LogP contribution >= 0.6 is 0 Å². The normalized spacial score (nSPS) is 15.1. The quantitative estimate of drug-likeness (QED) is 0.618. The lowest BCUT2D eigenvalue weighted by Gasteiger charge is -2.35. The maximum absolute atomic E-state index is 11.9. The third-order valence-electron chi connectivity index (χ3n) is 3.42. The lowest BCUT2D eigenvalue weighted by Crippen LogP contribution is -2.51. The molecule has 21 heavy (non-hydrogen) atoms. The van der Waals surface area contributed by atoms with Crippen LogP contribution in [0.2, 0.25) is 0 Å². The number of likely N-dealkylation sites (N-methyl/N-ethyl adjacent to an activating group) is 1. The summed E-state index contributed by atoms with van der Waals surface area (Å²) < 4.78 is 0. The van der Waals surface area contributed by atoms with Crippen LogP contribution in [0.1, 0.15) is 6.92 Å². The topological polar surface area (TPSA) is 91.6 Å². The number of nitro groups is 1. The van der Waals surface area contributed by atoms with Crippen LogP contribution in [0.4, 0.5) is 11.5 Å². The van der Waals surface area contributed by atoms with Gasteiger partial charge >= 0.3 is 5.69 Å². The Labute approximate surface area is 122 Å². The van der Waals surface area contributed by atoms with E-state index in [1.807, 2.05) is 11.8 Å². The molecule has 8 nitrogen and oxygen atoms in total. The Hall–Kier alpha value is -2.22. The highest BCUT2D eigenvalue weighted by atomic mass is 16.6. The van der Waals surface area contributed by atoms with Crippen LogP contribution in [0.3, 0.4) is 0 Å². The van der Waals surface area contributed by atoms with E-state index >= 15 is 0 Å². The first kappa shape index (κ1) is 15.2. The van der Waals surface area contributed by atoms with E-state index < -0.39 is 4.92 Å². The first-order chi connectivity index (χ1) is 10.1. The van der Waals surface area contributed by atoms with Gasteiger partial charge in [0.1, 0.15) is 0 Å². The number of rotatable bonds is 5. The lowest BCUT2D eigenvalue weighted by molar-refractivity contribution is -0.384. The molecule has 114 valence electrons. The Balaban J connectivity index is 1.98. The smallest absolute Gasteiger partial charge is 0.311 e. The molecule has 1 aliphatic heterocycles. The highest BCUT2D eigenvalue weighted by Gasteiger charge is 2.26. The van der Waals surface area contributed by atoms with Crippen molar-refractivity contribution in [2.45, 2.75) is 6.92 Å². The summed E-state index contributed by atoms with van der Waals surface area (Å²) >= 11 is 0. The molecule has 2 rings (SSSR count). The monoisotopic (exact) mass is 293 g/mol. The van der Waals surface area contributed by atoms with Gasteiger partial charge in [0.25, 0.3) is 0 Å². The van der Waals surface area contributed by atoms with Crippen LogP contribution in [-0.2, 0) is 4.79 Å². The van der Waals surface area contributed by atoms with Gasteiger partial charge in [0.15, 0.2) is 0 Å². The SMILES string of the molecule is CCNCC(=O)N1CCN(c2ncccc2[N+](=O)[O-])CC1. The Morgan fingerprint density at radius 1 is 1.43 bits per heavy atom. The number of aromatic nitrogens is 1. The number of amides is 1. The second kappa shape index (κ2) is 6.98. The zero-order valence-corrected chi connectivity index (χ0v) is 12.0. The molecule has 0 atom stereocenters. The number of hydrogen-bond acceptors (Lipinski definition) is 6. The first-order valence-corrected chi connectivity index (χ1v) is 6.96. The molecule has 0 saturated carbocycles. The summed E-state index contributed by atoms with van der Waals surface area (Å²) in [5.41, 5.74) is 0.00456. The van der Waals surface area contributed by atoms with Crippen LogP contribution in [0.5, 0.6) is 0 Å². The van der Waals surface area contributed by atoms with E-state index in [9.17, 15) is 14.9 Å². The molecule has 1 fully saturated rings. The third-order valence-corrected chi connectivity index (χ3v) is 3.42. The molecule has 0 aliphatic carbocycles. The van der Waals surface area contributed by atoms with Gasteiger partial charge in [0.2, 0.25) is 11.7 Å². The third kappa shape index (κ3) is 3.66. The molecule has 1 aromatic rings. The van der Waals surface area contributed by atoms with Gasteiger partial charge in [-0.25, -0.2) is 4.98 Å². The van der Waals surface area contributed by atoms with Crippen molar-refractivity contribution in [2.75, 3.05) is 44.2 Å². The van der Waals surface area contributed by atoms with Gasteiger partial charge in [-0.05, 0) is 12.6 Å². The molecular weight excluding hydrogens is 274 g/mol. The van der Waals surface area contributed by atoms with Crippen molar-refractivity contribution < 1.29 is 9.72 Å². The van der Waals surface area contributed by atoms with E-state index in [-0.39, 0.29) is 11.6 Å². The molecule has 0 bridgehead atoms. The van der Waals surface area contributed by atoms with Crippen molar-refractivity contribution in [1.82, 2.24) is 15.2 Å². The highest BCUT2D eigenvalue weighted by Crippen LogP contribution is 2.25. The maximum Gasteiger partial charge on any atom is 0.311 e. The average molecular weight is 293 g/mol. The molecule has 1 amide bonds.